The maximum absolute atomic E-state index is 13.4. The van der Waals surface area contributed by atoms with Crippen LogP contribution >= 0.6 is 0 Å². The zero-order valence-electron chi connectivity index (χ0n) is 19.0. The predicted octanol–water partition coefficient (Wildman–Crippen LogP) is 3.45. The molecule has 0 spiro atoms. The third-order valence-electron chi connectivity index (χ3n) is 6.82. The quantitative estimate of drug-likeness (QED) is 0.587. The number of piperazine rings is 1. The Morgan fingerprint density at radius 1 is 0.788 bits per heavy atom. The van der Waals surface area contributed by atoms with Gasteiger partial charge in [-0.15, -0.1) is 0 Å². The lowest BCUT2D eigenvalue weighted by molar-refractivity contribution is -0.138. The van der Waals surface area contributed by atoms with E-state index in [2.05, 4.69) is 79.3 Å². The standard InChI is InChI=1S/C27H31N5O/c33-27(31-15-13-30(14-16-31)19-22-5-2-1-3-6-22)26-7-4-12-32(26)20-23-8-10-24(11-9-23)25-17-28-21-29-18-25/h1-3,5-6,8-11,17-18,21,26H,4,7,12-16,19-20H2. The van der Waals surface area contributed by atoms with E-state index in [1.54, 1.807) is 6.33 Å². The smallest absolute Gasteiger partial charge is 0.240 e. The number of nitrogens with zero attached hydrogens (tertiary/aromatic N) is 5. The first-order chi connectivity index (χ1) is 16.3. The molecule has 2 fully saturated rings. The monoisotopic (exact) mass is 441 g/mol. The second-order valence-electron chi connectivity index (χ2n) is 9.04. The lowest BCUT2D eigenvalue weighted by atomic mass is 10.1. The first-order valence-electron chi connectivity index (χ1n) is 11.9. The van der Waals surface area contributed by atoms with E-state index in [0.29, 0.717) is 5.91 Å². The van der Waals surface area contributed by atoms with Crippen molar-refractivity contribution in [1.29, 1.82) is 0 Å². The second-order valence-corrected chi connectivity index (χ2v) is 9.04. The minimum atomic E-state index is 0.00729. The number of carbonyl (C=O) groups excluding carboxylic acids is 1. The fourth-order valence-corrected chi connectivity index (χ4v) is 4.96. The molecular weight excluding hydrogens is 410 g/mol. The number of amides is 1. The van der Waals surface area contributed by atoms with Gasteiger partial charge in [-0.2, -0.15) is 0 Å². The summed E-state index contributed by atoms with van der Waals surface area (Å²) in [5.74, 6) is 0.310. The Morgan fingerprint density at radius 2 is 1.48 bits per heavy atom. The number of hydrogen-bond donors (Lipinski definition) is 0. The molecule has 3 aromatic rings. The van der Waals surface area contributed by atoms with E-state index in [1.807, 2.05) is 12.4 Å². The van der Waals surface area contributed by atoms with Gasteiger partial charge in [-0.25, -0.2) is 9.97 Å². The first kappa shape index (κ1) is 21.7. The number of likely N-dealkylation sites (tertiary alicyclic amines) is 1. The Bertz CT molecular complexity index is 1030. The summed E-state index contributed by atoms with van der Waals surface area (Å²) < 4.78 is 0. The molecule has 2 aliphatic heterocycles. The van der Waals surface area contributed by atoms with Crippen LogP contribution in [0, 0.1) is 0 Å². The van der Waals surface area contributed by atoms with Gasteiger partial charge in [-0.1, -0.05) is 54.6 Å². The van der Waals surface area contributed by atoms with E-state index in [1.165, 1.54) is 11.1 Å². The fraction of sp³-hybridized carbons (Fsp3) is 0.370. The van der Waals surface area contributed by atoms with Crippen LogP contribution in [0.3, 0.4) is 0 Å². The van der Waals surface area contributed by atoms with Crippen LogP contribution in [0.5, 0.6) is 0 Å². The average Bonchev–Trinajstić information content (AvgIpc) is 3.34. The lowest BCUT2D eigenvalue weighted by Crippen LogP contribution is -2.53. The number of carbonyl (C=O) groups is 1. The van der Waals surface area contributed by atoms with E-state index in [9.17, 15) is 4.79 Å². The van der Waals surface area contributed by atoms with Gasteiger partial charge in [0.2, 0.25) is 5.91 Å². The van der Waals surface area contributed by atoms with Crippen molar-refractivity contribution in [2.75, 3.05) is 32.7 Å². The average molecular weight is 442 g/mol. The van der Waals surface area contributed by atoms with Crippen LogP contribution in [0.15, 0.2) is 73.3 Å². The van der Waals surface area contributed by atoms with Crippen LogP contribution in [0.25, 0.3) is 11.1 Å². The maximum Gasteiger partial charge on any atom is 0.240 e. The molecule has 2 saturated heterocycles. The lowest BCUT2D eigenvalue weighted by Gasteiger charge is -2.37. The third kappa shape index (κ3) is 5.29. The summed E-state index contributed by atoms with van der Waals surface area (Å²) in [6, 6.07) is 19.1. The predicted molar refractivity (Wildman–Crippen MR) is 129 cm³/mol. The summed E-state index contributed by atoms with van der Waals surface area (Å²) in [5, 5.41) is 0. The van der Waals surface area contributed by atoms with Crippen LogP contribution in [-0.2, 0) is 17.9 Å². The summed E-state index contributed by atoms with van der Waals surface area (Å²) in [4.78, 5) is 28.5. The Balaban J connectivity index is 1.16. The van der Waals surface area contributed by atoms with Gasteiger partial charge >= 0.3 is 0 Å². The van der Waals surface area contributed by atoms with Gasteiger partial charge in [0, 0.05) is 57.2 Å². The molecule has 33 heavy (non-hydrogen) atoms. The Labute approximate surface area is 195 Å². The molecule has 0 bridgehead atoms. The first-order valence-corrected chi connectivity index (χ1v) is 11.9. The van der Waals surface area contributed by atoms with Crippen molar-refractivity contribution in [3.8, 4) is 11.1 Å². The van der Waals surface area contributed by atoms with Crippen LogP contribution in [-0.4, -0.2) is 69.3 Å². The van der Waals surface area contributed by atoms with E-state index < -0.39 is 0 Å². The van der Waals surface area contributed by atoms with Gasteiger partial charge in [-0.05, 0) is 36.1 Å². The molecule has 3 heterocycles. The highest BCUT2D eigenvalue weighted by atomic mass is 16.2. The minimum Gasteiger partial charge on any atom is -0.339 e. The van der Waals surface area contributed by atoms with Crippen molar-refractivity contribution in [3.05, 3.63) is 84.4 Å². The van der Waals surface area contributed by atoms with Crippen LogP contribution in [0.4, 0.5) is 0 Å². The highest BCUT2D eigenvalue weighted by Crippen LogP contribution is 2.24. The maximum atomic E-state index is 13.4. The van der Waals surface area contributed by atoms with E-state index in [4.69, 9.17) is 0 Å². The van der Waals surface area contributed by atoms with Gasteiger partial charge < -0.3 is 4.90 Å². The molecule has 0 N–H and O–H groups in total. The highest BCUT2D eigenvalue weighted by Gasteiger charge is 2.34. The fourth-order valence-electron chi connectivity index (χ4n) is 4.96. The molecule has 1 amide bonds. The van der Waals surface area contributed by atoms with E-state index in [-0.39, 0.29) is 6.04 Å². The molecule has 0 radical (unpaired) electrons. The number of hydrogen-bond acceptors (Lipinski definition) is 5. The topological polar surface area (TPSA) is 52.6 Å². The molecule has 1 aromatic heterocycles. The number of aromatic nitrogens is 2. The molecular formula is C27H31N5O. The summed E-state index contributed by atoms with van der Waals surface area (Å²) in [6.07, 6.45) is 7.26. The van der Waals surface area contributed by atoms with Gasteiger partial charge in [0.25, 0.3) is 0 Å². The van der Waals surface area contributed by atoms with Gasteiger partial charge in [0.05, 0.1) is 6.04 Å². The van der Waals surface area contributed by atoms with Gasteiger partial charge in [0.1, 0.15) is 6.33 Å². The van der Waals surface area contributed by atoms with Crippen molar-refractivity contribution in [1.82, 2.24) is 24.7 Å². The summed E-state index contributed by atoms with van der Waals surface area (Å²) in [7, 11) is 0. The SMILES string of the molecule is O=C(C1CCCN1Cc1ccc(-c2cncnc2)cc1)N1CCN(Cc2ccccc2)CC1. The summed E-state index contributed by atoms with van der Waals surface area (Å²) in [6.45, 7) is 6.29. The highest BCUT2D eigenvalue weighted by molar-refractivity contribution is 5.82. The van der Waals surface area contributed by atoms with Gasteiger partial charge in [0.15, 0.2) is 0 Å². The summed E-state index contributed by atoms with van der Waals surface area (Å²) in [5.41, 5.74) is 4.71. The minimum absolute atomic E-state index is 0.00729. The summed E-state index contributed by atoms with van der Waals surface area (Å²) >= 11 is 0. The van der Waals surface area contributed by atoms with Crippen LogP contribution < -0.4 is 0 Å². The zero-order valence-corrected chi connectivity index (χ0v) is 19.0. The molecule has 1 atom stereocenters. The molecule has 0 saturated carbocycles. The molecule has 5 rings (SSSR count). The normalized spacial score (nSPS) is 19.6. The van der Waals surface area contributed by atoms with Crippen molar-refractivity contribution < 1.29 is 4.79 Å². The van der Waals surface area contributed by atoms with Crippen LogP contribution in [0.2, 0.25) is 0 Å². The van der Waals surface area contributed by atoms with E-state index >= 15 is 0 Å². The van der Waals surface area contributed by atoms with Crippen LogP contribution in [0.1, 0.15) is 24.0 Å². The Kier molecular flexibility index (Phi) is 6.74. The molecule has 1 unspecified atom stereocenters. The molecule has 0 aliphatic carbocycles. The number of rotatable bonds is 6. The largest absolute Gasteiger partial charge is 0.339 e. The second kappa shape index (κ2) is 10.2. The Hall–Kier alpha value is -3.09. The molecule has 170 valence electrons. The molecule has 6 nitrogen and oxygen atoms in total. The molecule has 2 aromatic carbocycles. The van der Waals surface area contributed by atoms with E-state index in [0.717, 1.165) is 69.8 Å². The Morgan fingerprint density at radius 3 is 2.21 bits per heavy atom. The zero-order chi connectivity index (χ0) is 22.5. The molecule has 2 aliphatic rings. The van der Waals surface area contributed by atoms with Crippen molar-refractivity contribution in [2.45, 2.75) is 32.0 Å². The van der Waals surface area contributed by atoms with Gasteiger partial charge in [-0.3, -0.25) is 14.6 Å². The van der Waals surface area contributed by atoms with Crippen molar-refractivity contribution in [3.63, 3.8) is 0 Å². The third-order valence-corrected chi connectivity index (χ3v) is 6.82. The number of benzene rings is 2. The van der Waals surface area contributed by atoms with Crippen molar-refractivity contribution >= 4 is 5.91 Å². The molecule has 6 heteroatoms. The van der Waals surface area contributed by atoms with Crippen molar-refractivity contribution in [2.24, 2.45) is 0 Å².